The average molecular weight is 270 g/mol. The number of esters is 1. The minimum Gasteiger partial charge on any atom is -0.454 e. The van der Waals surface area contributed by atoms with Crippen LogP contribution in [0.1, 0.15) is 30.3 Å². The predicted octanol–water partition coefficient (Wildman–Crippen LogP) is 3.68. The molecular formula is C17H18O3. The van der Waals surface area contributed by atoms with E-state index in [2.05, 4.69) is 0 Å². The summed E-state index contributed by atoms with van der Waals surface area (Å²) in [6.45, 7) is 1.41. The van der Waals surface area contributed by atoms with E-state index in [9.17, 15) is 4.79 Å². The number of ether oxygens (including phenoxy) is 2. The Hall–Kier alpha value is -2.13. The van der Waals surface area contributed by atoms with Gasteiger partial charge in [-0.15, -0.1) is 0 Å². The summed E-state index contributed by atoms with van der Waals surface area (Å²) in [6, 6.07) is 19.4. The van der Waals surface area contributed by atoms with Crippen LogP contribution < -0.4 is 0 Å². The van der Waals surface area contributed by atoms with Gasteiger partial charge in [-0.25, -0.2) is 0 Å². The van der Waals surface area contributed by atoms with Crippen LogP contribution in [0.15, 0.2) is 60.7 Å². The summed E-state index contributed by atoms with van der Waals surface area (Å²) in [5.41, 5.74) is 1.89. The number of hydrogen-bond donors (Lipinski definition) is 0. The van der Waals surface area contributed by atoms with Crippen LogP contribution in [0.4, 0.5) is 0 Å². The van der Waals surface area contributed by atoms with Gasteiger partial charge in [0, 0.05) is 14.0 Å². The van der Waals surface area contributed by atoms with Gasteiger partial charge in [-0.1, -0.05) is 60.7 Å². The normalized spacial score (nSPS) is 13.5. The van der Waals surface area contributed by atoms with Crippen molar-refractivity contribution in [1.82, 2.24) is 0 Å². The molecule has 0 amide bonds. The van der Waals surface area contributed by atoms with Gasteiger partial charge in [-0.3, -0.25) is 4.79 Å². The number of hydrogen-bond acceptors (Lipinski definition) is 3. The summed E-state index contributed by atoms with van der Waals surface area (Å²) in [5, 5.41) is 0. The first-order chi connectivity index (χ1) is 9.72. The van der Waals surface area contributed by atoms with Gasteiger partial charge < -0.3 is 9.47 Å². The van der Waals surface area contributed by atoms with E-state index >= 15 is 0 Å². The summed E-state index contributed by atoms with van der Waals surface area (Å²) in [4.78, 5) is 11.4. The molecule has 0 bridgehead atoms. The molecule has 0 fully saturated rings. The zero-order valence-electron chi connectivity index (χ0n) is 11.7. The Morgan fingerprint density at radius 1 is 0.850 bits per heavy atom. The van der Waals surface area contributed by atoms with E-state index in [4.69, 9.17) is 9.47 Å². The highest BCUT2D eigenvalue weighted by Gasteiger charge is 2.27. The van der Waals surface area contributed by atoms with Gasteiger partial charge in [-0.2, -0.15) is 0 Å². The number of methoxy groups -OCH3 is 1. The van der Waals surface area contributed by atoms with Crippen LogP contribution in [0, 0.1) is 0 Å². The highest BCUT2D eigenvalue weighted by molar-refractivity contribution is 5.66. The Bertz CT molecular complexity index is 537. The number of benzene rings is 2. The van der Waals surface area contributed by atoms with Crippen LogP contribution in [-0.4, -0.2) is 13.1 Å². The van der Waals surface area contributed by atoms with Crippen LogP contribution in [-0.2, 0) is 14.3 Å². The predicted molar refractivity (Wildman–Crippen MR) is 77.1 cm³/mol. The van der Waals surface area contributed by atoms with Crippen LogP contribution in [0.5, 0.6) is 0 Å². The molecule has 3 nitrogen and oxygen atoms in total. The topological polar surface area (TPSA) is 35.5 Å². The van der Waals surface area contributed by atoms with Crippen molar-refractivity contribution < 1.29 is 14.3 Å². The van der Waals surface area contributed by atoms with Crippen LogP contribution in [0.3, 0.4) is 0 Å². The molecule has 0 saturated heterocycles. The molecule has 0 saturated carbocycles. The molecule has 0 aliphatic carbocycles. The maximum absolute atomic E-state index is 11.4. The van der Waals surface area contributed by atoms with Gasteiger partial charge in [0.05, 0.1) is 0 Å². The molecule has 2 atom stereocenters. The van der Waals surface area contributed by atoms with Crippen molar-refractivity contribution in [2.45, 2.75) is 19.1 Å². The average Bonchev–Trinajstić information content (AvgIpc) is 2.49. The Kier molecular flexibility index (Phi) is 4.91. The lowest BCUT2D eigenvalue weighted by molar-refractivity contribution is -0.154. The van der Waals surface area contributed by atoms with E-state index in [0.717, 1.165) is 11.1 Å². The van der Waals surface area contributed by atoms with E-state index in [1.807, 2.05) is 60.7 Å². The molecule has 0 aliphatic heterocycles. The summed E-state index contributed by atoms with van der Waals surface area (Å²) < 4.78 is 11.1. The molecular weight excluding hydrogens is 252 g/mol. The fourth-order valence-corrected chi connectivity index (χ4v) is 2.20. The lowest BCUT2D eigenvalue weighted by Crippen LogP contribution is -2.18. The molecule has 2 rings (SSSR count). The minimum atomic E-state index is -0.457. The van der Waals surface area contributed by atoms with Crippen LogP contribution in [0.2, 0.25) is 0 Å². The third-order valence-corrected chi connectivity index (χ3v) is 3.08. The lowest BCUT2D eigenvalue weighted by atomic mass is 9.98. The Morgan fingerprint density at radius 3 is 1.70 bits per heavy atom. The van der Waals surface area contributed by atoms with Gasteiger partial charge in [0.2, 0.25) is 0 Å². The molecule has 20 heavy (non-hydrogen) atoms. The molecule has 2 aromatic carbocycles. The van der Waals surface area contributed by atoms with Crippen molar-refractivity contribution in [3.05, 3.63) is 71.8 Å². The second-order valence-electron chi connectivity index (χ2n) is 4.51. The van der Waals surface area contributed by atoms with Gasteiger partial charge in [0.1, 0.15) is 6.10 Å². The third kappa shape index (κ3) is 3.45. The molecule has 2 unspecified atom stereocenters. The molecule has 0 N–H and O–H groups in total. The fraction of sp³-hybridized carbons (Fsp3) is 0.235. The molecule has 0 spiro atoms. The van der Waals surface area contributed by atoms with E-state index < -0.39 is 6.10 Å². The number of carbonyl (C=O) groups is 1. The highest BCUT2D eigenvalue weighted by Crippen LogP contribution is 2.34. The molecule has 0 heterocycles. The summed E-state index contributed by atoms with van der Waals surface area (Å²) in [6.07, 6.45) is -0.788. The lowest BCUT2D eigenvalue weighted by Gasteiger charge is -2.26. The molecule has 104 valence electrons. The van der Waals surface area contributed by atoms with Gasteiger partial charge in [0.15, 0.2) is 6.10 Å². The van der Waals surface area contributed by atoms with Gasteiger partial charge in [0.25, 0.3) is 0 Å². The van der Waals surface area contributed by atoms with Crippen molar-refractivity contribution in [1.29, 1.82) is 0 Å². The smallest absolute Gasteiger partial charge is 0.303 e. The van der Waals surface area contributed by atoms with Crippen LogP contribution >= 0.6 is 0 Å². The molecule has 0 radical (unpaired) electrons. The number of rotatable bonds is 5. The van der Waals surface area contributed by atoms with Crippen molar-refractivity contribution in [2.75, 3.05) is 7.11 Å². The zero-order chi connectivity index (χ0) is 14.4. The monoisotopic (exact) mass is 270 g/mol. The molecule has 3 heteroatoms. The summed E-state index contributed by atoms with van der Waals surface area (Å²) in [5.74, 6) is -0.322. The third-order valence-electron chi connectivity index (χ3n) is 3.08. The first kappa shape index (κ1) is 14.3. The van der Waals surface area contributed by atoms with Crippen LogP contribution in [0.25, 0.3) is 0 Å². The SMILES string of the molecule is COC(c1ccccc1)C(OC(C)=O)c1ccccc1. The number of carbonyl (C=O) groups excluding carboxylic acids is 1. The quantitative estimate of drug-likeness (QED) is 0.777. The fourth-order valence-electron chi connectivity index (χ4n) is 2.20. The molecule has 0 aromatic heterocycles. The zero-order valence-corrected chi connectivity index (χ0v) is 11.7. The molecule has 0 aliphatic rings. The second kappa shape index (κ2) is 6.87. The van der Waals surface area contributed by atoms with E-state index in [-0.39, 0.29) is 12.1 Å². The largest absolute Gasteiger partial charge is 0.454 e. The summed E-state index contributed by atoms with van der Waals surface area (Å²) >= 11 is 0. The van der Waals surface area contributed by atoms with Crippen molar-refractivity contribution >= 4 is 5.97 Å². The van der Waals surface area contributed by atoms with Gasteiger partial charge >= 0.3 is 5.97 Å². The van der Waals surface area contributed by atoms with Crippen molar-refractivity contribution in [3.63, 3.8) is 0 Å². The minimum absolute atomic E-state index is 0.322. The van der Waals surface area contributed by atoms with E-state index in [1.54, 1.807) is 7.11 Å². The maximum Gasteiger partial charge on any atom is 0.303 e. The summed E-state index contributed by atoms with van der Waals surface area (Å²) in [7, 11) is 1.62. The van der Waals surface area contributed by atoms with Gasteiger partial charge in [-0.05, 0) is 11.1 Å². The Balaban J connectivity index is 2.36. The van der Waals surface area contributed by atoms with E-state index in [1.165, 1.54) is 6.92 Å². The highest BCUT2D eigenvalue weighted by atomic mass is 16.6. The van der Waals surface area contributed by atoms with Crippen molar-refractivity contribution in [3.8, 4) is 0 Å². The first-order valence-corrected chi connectivity index (χ1v) is 6.52. The molecule has 2 aromatic rings. The van der Waals surface area contributed by atoms with E-state index in [0.29, 0.717) is 0 Å². The van der Waals surface area contributed by atoms with Crippen molar-refractivity contribution in [2.24, 2.45) is 0 Å². The second-order valence-corrected chi connectivity index (χ2v) is 4.51. The standard InChI is InChI=1S/C17H18O3/c1-13(18)20-17(15-11-7-4-8-12-15)16(19-2)14-9-5-3-6-10-14/h3-12,16-17H,1-2H3. The Morgan fingerprint density at radius 2 is 1.30 bits per heavy atom. The Labute approximate surface area is 119 Å². The maximum atomic E-state index is 11.4. The first-order valence-electron chi connectivity index (χ1n) is 6.52.